The maximum atomic E-state index is 13.7. The van der Waals surface area contributed by atoms with Crippen LogP contribution in [0.2, 0.25) is 0 Å². The zero-order valence-electron chi connectivity index (χ0n) is 12.8. The summed E-state index contributed by atoms with van der Waals surface area (Å²) in [5.74, 6) is -1.20. The lowest BCUT2D eigenvalue weighted by Crippen LogP contribution is -2.52. The van der Waals surface area contributed by atoms with E-state index in [4.69, 9.17) is 0 Å². The summed E-state index contributed by atoms with van der Waals surface area (Å²) in [6, 6.07) is 3.46. The number of carbonyl (C=O) groups is 1. The van der Waals surface area contributed by atoms with E-state index in [9.17, 15) is 13.6 Å². The molecule has 0 radical (unpaired) electrons. The van der Waals surface area contributed by atoms with Crippen molar-refractivity contribution < 1.29 is 13.6 Å². The van der Waals surface area contributed by atoms with Gasteiger partial charge in [0.1, 0.15) is 17.3 Å². The highest BCUT2D eigenvalue weighted by Crippen LogP contribution is 2.33. The van der Waals surface area contributed by atoms with E-state index in [-0.39, 0.29) is 22.5 Å². The summed E-state index contributed by atoms with van der Waals surface area (Å²) in [6.45, 7) is 4.19. The van der Waals surface area contributed by atoms with Crippen LogP contribution in [-0.4, -0.2) is 16.4 Å². The Bertz CT molecular complexity index is 725. The Kier molecular flexibility index (Phi) is 3.67. The Labute approximate surface area is 128 Å². The minimum atomic E-state index is -0.664. The van der Waals surface area contributed by atoms with Crippen molar-refractivity contribution in [2.24, 2.45) is 5.92 Å². The van der Waals surface area contributed by atoms with E-state index in [2.05, 4.69) is 24.1 Å². The number of fused-ring (bicyclic) bond motifs is 1. The number of nitrogens with one attached hydrogen (secondary N) is 2. The number of aromatic amines is 1. The highest BCUT2D eigenvalue weighted by molar-refractivity contribution is 5.98. The average Bonchev–Trinajstić information content (AvgIpc) is 2.86. The fourth-order valence-corrected chi connectivity index (χ4v) is 3.30. The molecule has 1 aromatic heterocycles. The summed E-state index contributed by atoms with van der Waals surface area (Å²) in [5, 5.41) is 3.30. The number of halogens is 2. The van der Waals surface area contributed by atoms with Crippen LogP contribution in [0.1, 0.15) is 50.0 Å². The summed E-state index contributed by atoms with van der Waals surface area (Å²) >= 11 is 0. The average molecular weight is 306 g/mol. The molecule has 0 bridgehead atoms. The first kappa shape index (κ1) is 15.0. The molecule has 2 aromatic rings. The number of hydrogen-bond donors (Lipinski definition) is 2. The van der Waals surface area contributed by atoms with Gasteiger partial charge < -0.3 is 10.3 Å². The second kappa shape index (κ2) is 5.38. The van der Waals surface area contributed by atoms with Crippen LogP contribution in [0, 0.1) is 17.6 Å². The van der Waals surface area contributed by atoms with Crippen molar-refractivity contribution in [1.82, 2.24) is 10.3 Å². The zero-order chi connectivity index (χ0) is 15.9. The molecule has 2 unspecified atom stereocenters. The maximum Gasteiger partial charge on any atom is 0.268 e. The van der Waals surface area contributed by atoms with Crippen molar-refractivity contribution in [3.05, 3.63) is 35.5 Å². The van der Waals surface area contributed by atoms with E-state index in [0.29, 0.717) is 11.4 Å². The molecule has 3 rings (SSSR count). The second-order valence-electron chi connectivity index (χ2n) is 6.55. The van der Waals surface area contributed by atoms with Gasteiger partial charge in [0.25, 0.3) is 5.91 Å². The third kappa shape index (κ3) is 2.60. The van der Waals surface area contributed by atoms with E-state index >= 15 is 0 Å². The Balaban J connectivity index is 1.87. The van der Waals surface area contributed by atoms with Gasteiger partial charge in [0.15, 0.2) is 0 Å². The first-order valence-corrected chi connectivity index (χ1v) is 7.69. The maximum absolute atomic E-state index is 13.7. The molecule has 2 atom stereocenters. The molecule has 0 aliphatic heterocycles. The van der Waals surface area contributed by atoms with Crippen molar-refractivity contribution in [2.75, 3.05) is 0 Å². The summed E-state index contributed by atoms with van der Waals surface area (Å²) in [4.78, 5) is 15.3. The smallest absolute Gasteiger partial charge is 0.268 e. The minimum Gasteiger partial charge on any atom is -0.350 e. The van der Waals surface area contributed by atoms with E-state index in [0.717, 1.165) is 25.3 Å². The molecule has 0 saturated heterocycles. The third-order valence-electron chi connectivity index (χ3n) is 4.97. The first-order chi connectivity index (χ1) is 10.4. The number of aromatic nitrogens is 1. The molecular weight excluding hydrogens is 286 g/mol. The largest absolute Gasteiger partial charge is 0.350 e. The fourth-order valence-electron chi connectivity index (χ4n) is 3.30. The van der Waals surface area contributed by atoms with Crippen molar-refractivity contribution in [1.29, 1.82) is 0 Å². The second-order valence-corrected chi connectivity index (χ2v) is 6.55. The van der Waals surface area contributed by atoms with Crippen LogP contribution in [-0.2, 0) is 0 Å². The topological polar surface area (TPSA) is 44.9 Å². The molecular formula is C17H20F2N2O. The highest BCUT2D eigenvalue weighted by atomic mass is 19.1. The van der Waals surface area contributed by atoms with Gasteiger partial charge in [-0.15, -0.1) is 0 Å². The number of amides is 1. The number of hydrogen-bond acceptors (Lipinski definition) is 1. The highest BCUT2D eigenvalue weighted by Gasteiger charge is 2.35. The molecule has 0 spiro atoms. The van der Waals surface area contributed by atoms with Crippen molar-refractivity contribution >= 4 is 16.8 Å². The summed E-state index contributed by atoms with van der Waals surface area (Å²) in [5.41, 5.74) is 0.305. The van der Waals surface area contributed by atoms with Crippen LogP contribution in [0.4, 0.5) is 8.78 Å². The van der Waals surface area contributed by atoms with Gasteiger partial charge in [0, 0.05) is 17.0 Å². The molecule has 1 saturated carbocycles. The van der Waals surface area contributed by atoms with Crippen LogP contribution in [0.3, 0.4) is 0 Å². The van der Waals surface area contributed by atoms with Crippen molar-refractivity contribution in [3.8, 4) is 0 Å². The standard InChI is InChI=1S/C17H20F2N2O/c1-10-5-3-4-6-17(10,2)21-16(22)15-9-12-13(19)7-11(18)8-14(12)20-15/h7-10,20H,3-6H2,1-2H3,(H,21,22). The predicted molar refractivity (Wildman–Crippen MR) is 81.7 cm³/mol. The van der Waals surface area contributed by atoms with Gasteiger partial charge >= 0.3 is 0 Å². The van der Waals surface area contributed by atoms with E-state index in [1.807, 2.05) is 0 Å². The van der Waals surface area contributed by atoms with Crippen LogP contribution < -0.4 is 5.32 Å². The van der Waals surface area contributed by atoms with Crippen LogP contribution in [0.15, 0.2) is 18.2 Å². The van der Waals surface area contributed by atoms with E-state index < -0.39 is 11.6 Å². The van der Waals surface area contributed by atoms with Gasteiger partial charge in [-0.3, -0.25) is 4.79 Å². The monoisotopic (exact) mass is 306 g/mol. The lowest BCUT2D eigenvalue weighted by atomic mass is 9.75. The van der Waals surface area contributed by atoms with Gasteiger partial charge in [-0.2, -0.15) is 0 Å². The number of carbonyl (C=O) groups excluding carboxylic acids is 1. The number of rotatable bonds is 2. The molecule has 1 heterocycles. The zero-order valence-corrected chi connectivity index (χ0v) is 12.8. The fraction of sp³-hybridized carbons (Fsp3) is 0.471. The molecule has 3 nitrogen and oxygen atoms in total. The normalized spacial score (nSPS) is 25.4. The summed E-state index contributed by atoms with van der Waals surface area (Å²) in [6.07, 6.45) is 4.30. The Morgan fingerprint density at radius 3 is 2.82 bits per heavy atom. The molecule has 118 valence electrons. The summed E-state index contributed by atoms with van der Waals surface area (Å²) < 4.78 is 27.0. The first-order valence-electron chi connectivity index (χ1n) is 7.69. The lowest BCUT2D eigenvalue weighted by molar-refractivity contribution is 0.0824. The molecule has 1 fully saturated rings. The van der Waals surface area contributed by atoms with Crippen molar-refractivity contribution in [2.45, 2.75) is 45.1 Å². The molecule has 1 amide bonds. The van der Waals surface area contributed by atoms with Gasteiger partial charge in [-0.05, 0) is 37.8 Å². The molecule has 1 aliphatic carbocycles. The van der Waals surface area contributed by atoms with Gasteiger partial charge in [0.05, 0.1) is 5.52 Å². The quantitative estimate of drug-likeness (QED) is 0.860. The molecule has 1 aliphatic rings. The van der Waals surface area contributed by atoms with Crippen LogP contribution >= 0.6 is 0 Å². The Morgan fingerprint density at radius 2 is 2.09 bits per heavy atom. The van der Waals surface area contributed by atoms with Gasteiger partial charge in [-0.25, -0.2) is 8.78 Å². The Morgan fingerprint density at radius 1 is 1.32 bits per heavy atom. The number of benzene rings is 1. The molecule has 22 heavy (non-hydrogen) atoms. The van der Waals surface area contributed by atoms with E-state index in [1.54, 1.807) is 0 Å². The summed E-state index contributed by atoms with van der Waals surface area (Å²) in [7, 11) is 0. The van der Waals surface area contributed by atoms with Gasteiger partial charge in [-0.1, -0.05) is 19.8 Å². The molecule has 2 N–H and O–H groups in total. The van der Waals surface area contributed by atoms with Crippen molar-refractivity contribution in [3.63, 3.8) is 0 Å². The van der Waals surface area contributed by atoms with Crippen LogP contribution in [0.25, 0.3) is 10.9 Å². The van der Waals surface area contributed by atoms with Crippen LogP contribution in [0.5, 0.6) is 0 Å². The third-order valence-corrected chi connectivity index (χ3v) is 4.97. The molecule has 5 heteroatoms. The predicted octanol–water partition coefficient (Wildman–Crippen LogP) is 4.14. The minimum absolute atomic E-state index is 0.230. The molecule has 1 aromatic carbocycles. The number of H-pyrrole nitrogens is 1. The van der Waals surface area contributed by atoms with Gasteiger partial charge in [0.2, 0.25) is 0 Å². The lowest BCUT2D eigenvalue weighted by Gasteiger charge is -2.40. The Hall–Kier alpha value is -1.91. The SMILES string of the molecule is CC1CCCCC1(C)NC(=O)c1cc2c(F)cc(F)cc2[nH]1. The van der Waals surface area contributed by atoms with E-state index in [1.165, 1.54) is 18.6 Å².